The van der Waals surface area contributed by atoms with Gasteiger partial charge >= 0.3 is 5.69 Å². The van der Waals surface area contributed by atoms with Gasteiger partial charge < -0.3 is 14.9 Å². The second-order valence-corrected chi connectivity index (χ2v) is 4.06. The van der Waals surface area contributed by atoms with E-state index in [0.29, 0.717) is 5.69 Å². The Morgan fingerprint density at radius 1 is 1.59 bits per heavy atom. The van der Waals surface area contributed by atoms with E-state index < -0.39 is 29.7 Å². The smallest absolute Gasteiger partial charge is 0.330 e. The molecule has 1 aliphatic rings. The highest BCUT2D eigenvalue weighted by molar-refractivity contribution is 5.00. The van der Waals surface area contributed by atoms with Crippen molar-refractivity contribution in [2.75, 3.05) is 6.61 Å². The number of nitrogens with one attached hydrogen (secondary N) is 1. The SMILES string of the molecule is [11CH3]c1cc(=O)[nH]c(=O)n1C1CC(O)C(CO)O1. The fourth-order valence-corrected chi connectivity index (χ4v) is 2.02. The van der Waals surface area contributed by atoms with Gasteiger partial charge in [0.15, 0.2) is 0 Å². The van der Waals surface area contributed by atoms with Gasteiger partial charge in [0.05, 0.1) is 12.7 Å². The second kappa shape index (κ2) is 4.44. The van der Waals surface area contributed by atoms with Gasteiger partial charge in [-0.25, -0.2) is 4.79 Å². The maximum atomic E-state index is 11.6. The van der Waals surface area contributed by atoms with E-state index in [2.05, 4.69) is 4.98 Å². The molecular weight excluding hydrogens is 227 g/mol. The number of aliphatic hydroxyl groups is 2. The molecular formula is C10H14N2O5. The number of nitrogens with zero attached hydrogens (tertiary/aromatic N) is 1. The molecule has 0 spiro atoms. The summed E-state index contributed by atoms with van der Waals surface area (Å²) >= 11 is 0. The van der Waals surface area contributed by atoms with Gasteiger partial charge in [-0.3, -0.25) is 14.3 Å². The molecule has 1 aromatic rings. The highest BCUT2D eigenvalue weighted by Gasteiger charge is 2.35. The third-order valence-corrected chi connectivity index (χ3v) is 2.84. The number of H-pyrrole nitrogens is 1. The van der Waals surface area contributed by atoms with Crippen molar-refractivity contribution < 1.29 is 14.9 Å². The van der Waals surface area contributed by atoms with Crippen LogP contribution in [0.4, 0.5) is 0 Å². The number of aromatic nitrogens is 2. The van der Waals surface area contributed by atoms with Crippen molar-refractivity contribution in [3.63, 3.8) is 0 Å². The first-order valence-corrected chi connectivity index (χ1v) is 5.29. The second-order valence-electron chi connectivity index (χ2n) is 4.06. The predicted molar refractivity (Wildman–Crippen MR) is 57.7 cm³/mol. The van der Waals surface area contributed by atoms with Crippen LogP contribution in [0.15, 0.2) is 15.7 Å². The molecule has 17 heavy (non-hydrogen) atoms. The van der Waals surface area contributed by atoms with Crippen molar-refractivity contribution in [1.82, 2.24) is 9.55 Å². The number of ether oxygens (including phenoxy) is 1. The minimum Gasteiger partial charge on any atom is -0.394 e. The quantitative estimate of drug-likeness (QED) is 0.583. The van der Waals surface area contributed by atoms with E-state index in [9.17, 15) is 14.7 Å². The summed E-state index contributed by atoms with van der Waals surface area (Å²) in [5.41, 5.74) is -0.596. The Labute approximate surface area is 96.3 Å². The fraction of sp³-hybridized carbons (Fsp3) is 0.600. The molecule has 7 heteroatoms. The summed E-state index contributed by atoms with van der Waals surface area (Å²) in [5, 5.41) is 18.5. The standard InChI is InChI=1S/C10H14N2O5/c1-5-2-8(15)11-10(16)12(5)9-3-6(14)7(4-13)17-9/h2,6-7,9,13-14H,3-4H2,1H3,(H,11,15,16)/i1-1. The van der Waals surface area contributed by atoms with Crippen LogP contribution in [0.3, 0.4) is 0 Å². The van der Waals surface area contributed by atoms with E-state index in [4.69, 9.17) is 9.84 Å². The number of aryl methyl sites for hydroxylation is 1. The van der Waals surface area contributed by atoms with E-state index in [1.54, 1.807) is 6.92 Å². The zero-order chi connectivity index (χ0) is 12.6. The summed E-state index contributed by atoms with van der Waals surface area (Å²) < 4.78 is 6.62. The van der Waals surface area contributed by atoms with Crippen molar-refractivity contribution in [1.29, 1.82) is 0 Å². The number of hydrogen-bond acceptors (Lipinski definition) is 5. The van der Waals surface area contributed by atoms with Crippen molar-refractivity contribution in [2.24, 2.45) is 0 Å². The Hall–Kier alpha value is -1.44. The molecule has 0 aliphatic carbocycles. The molecule has 7 nitrogen and oxygen atoms in total. The van der Waals surface area contributed by atoms with E-state index in [1.807, 2.05) is 0 Å². The van der Waals surface area contributed by atoms with Crippen molar-refractivity contribution in [2.45, 2.75) is 31.8 Å². The molecule has 3 unspecified atom stereocenters. The molecule has 94 valence electrons. The summed E-state index contributed by atoms with van der Waals surface area (Å²) in [4.78, 5) is 24.8. The minimum absolute atomic E-state index is 0.206. The lowest BCUT2D eigenvalue weighted by molar-refractivity contribution is -0.0465. The first kappa shape index (κ1) is 12.0. The molecule has 0 aromatic carbocycles. The van der Waals surface area contributed by atoms with Crippen molar-refractivity contribution in [3.05, 3.63) is 32.6 Å². The van der Waals surface area contributed by atoms with Gasteiger partial charge in [0.1, 0.15) is 12.3 Å². The first-order valence-electron chi connectivity index (χ1n) is 5.29. The van der Waals surface area contributed by atoms with Crippen LogP contribution in [0.5, 0.6) is 0 Å². The monoisotopic (exact) mass is 241 g/mol. The van der Waals surface area contributed by atoms with Crippen LogP contribution < -0.4 is 11.2 Å². The fourth-order valence-electron chi connectivity index (χ4n) is 2.02. The minimum atomic E-state index is -0.816. The number of aromatic amines is 1. The van der Waals surface area contributed by atoms with Gasteiger partial charge in [-0.15, -0.1) is 0 Å². The molecule has 1 fully saturated rings. The normalized spacial score (nSPS) is 28.5. The highest BCUT2D eigenvalue weighted by Crippen LogP contribution is 2.27. The number of aliphatic hydroxyl groups excluding tert-OH is 2. The van der Waals surface area contributed by atoms with Gasteiger partial charge in [0.25, 0.3) is 5.56 Å². The van der Waals surface area contributed by atoms with Gasteiger partial charge in [-0.1, -0.05) is 0 Å². The molecule has 1 saturated heterocycles. The van der Waals surface area contributed by atoms with Crippen LogP contribution in [0.25, 0.3) is 0 Å². The van der Waals surface area contributed by atoms with E-state index in [-0.39, 0.29) is 13.0 Å². The largest absolute Gasteiger partial charge is 0.394 e. The molecule has 2 heterocycles. The van der Waals surface area contributed by atoms with Gasteiger partial charge in [0, 0.05) is 18.2 Å². The van der Waals surface area contributed by atoms with Gasteiger partial charge in [0.2, 0.25) is 0 Å². The average molecular weight is 241 g/mol. The Kier molecular flexibility index (Phi) is 3.14. The predicted octanol–water partition coefficient (Wildman–Crippen LogP) is -1.51. The topological polar surface area (TPSA) is 105 Å². The van der Waals surface area contributed by atoms with E-state index >= 15 is 0 Å². The van der Waals surface area contributed by atoms with Crippen molar-refractivity contribution >= 4 is 0 Å². The Bertz CT molecular complexity index is 520. The highest BCUT2D eigenvalue weighted by atomic mass is 16.5. The number of rotatable bonds is 2. The molecule has 3 atom stereocenters. The summed E-state index contributed by atoms with van der Waals surface area (Å²) in [6.07, 6.45) is -1.97. The van der Waals surface area contributed by atoms with Crippen LogP contribution in [0.2, 0.25) is 0 Å². The lowest BCUT2D eigenvalue weighted by Crippen LogP contribution is -2.34. The molecule has 2 rings (SSSR count). The van der Waals surface area contributed by atoms with E-state index in [0.717, 1.165) is 0 Å². The lowest BCUT2D eigenvalue weighted by atomic mass is 10.1. The Morgan fingerprint density at radius 3 is 2.82 bits per heavy atom. The molecule has 3 N–H and O–H groups in total. The molecule has 0 saturated carbocycles. The van der Waals surface area contributed by atoms with E-state index in [1.165, 1.54) is 10.6 Å². The lowest BCUT2D eigenvalue weighted by Gasteiger charge is -2.16. The molecule has 0 radical (unpaired) electrons. The summed E-state index contributed by atoms with van der Waals surface area (Å²) in [5.74, 6) is 0. The van der Waals surface area contributed by atoms with Crippen LogP contribution in [0.1, 0.15) is 18.3 Å². The summed E-state index contributed by atoms with van der Waals surface area (Å²) in [6.45, 7) is 1.30. The maximum absolute atomic E-state index is 11.6. The maximum Gasteiger partial charge on any atom is 0.330 e. The molecule has 1 aliphatic heterocycles. The first-order chi connectivity index (χ1) is 8.02. The average Bonchev–Trinajstić information content (AvgIpc) is 2.57. The van der Waals surface area contributed by atoms with Gasteiger partial charge in [-0.05, 0) is 6.92 Å². The van der Waals surface area contributed by atoms with Crippen LogP contribution in [0, 0.1) is 6.92 Å². The molecule has 0 amide bonds. The van der Waals surface area contributed by atoms with Crippen LogP contribution in [-0.2, 0) is 4.74 Å². The number of hydrogen-bond donors (Lipinski definition) is 3. The van der Waals surface area contributed by atoms with Gasteiger partial charge in [-0.2, -0.15) is 0 Å². The summed E-state index contributed by atoms with van der Waals surface area (Å²) in [7, 11) is 0. The zero-order valence-electron chi connectivity index (χ0n) is 9.29. The van der Waals surface area contributed by atoms with Crippen molar-refractivity contribution in [3.8, 4) is 0 Å². The Balaban J connectivity index is 2.37. The zero-order valence-corrected chi connectivity index (χ0v) is 9.29. The third-order valence-electron chi connectivity index (χ3n) is 2.84. The third kappa shape index (κ3) is 2.17. The Morgan fingerprint density at radius 2 is 2.29 bits per heavy atom. The van der Waals surface area contributed by atoms with Crippen LogP contribution >= 0.6 is 0 Å². The summed E-state index contributed by atoms with van der Waals surface area (Å²) in [6, 6.07) is 1.28. The van der Waals surface area contributed by atoms with Crippen LogP contribution in [-0.4, -0.2) is 38.6 Å². The molecule has 0 bridgehead atoms. The molecule has 1 aromatic heterocycles.